The first kappa shape index (κ1) is 15.3. The van der Waals surface area contributed by atoms with Crippen LogP contribution in [0.5, 0.6) is 5.75 Å². The fraction of sp³-hybridized carbons (Fsp3) is 0.611. The molecule has 4 nitrogen and oxygen atoms in total. The average molecular weight is 302 g/mol. The molecule has 1 saturated carbocycles. The number of benzene rings is 1. The third kappa shape index (κ3) is 4.01. The lowest BCUT2D eigenvalue weighted by atomic mass is 10.0. The maximum absolute atomic E-state index is 12.1. The van der Waals surface area contributed by atoms with E-state index in [2.05, 4.69) is 22.3 Å². The van der Waals surface area contributed by atoms with Crippen molar-refractivity contribution in [2.45, 2.75) is 38.6 Å². The highest BCUT2D eigenvalue weighted by Crippen LogP contribution is 2.32. The monoisotopic (exact) mass is 302 g/mol. The van der Waals surface area contributed by atoms with Crippen molar-refractivity contribution in [1.29, 1.82) is 0 Å². The Balaban J connectivity index is 1.55. The molecule has 1 aliphatic heterocycles. The van der Waals surface area contributed by atoms with E-state index in [0.29, 0.717) is 19.2 Å². The van der Waals surface area contributed by atoms with Gasteiger partial charge in [-0.15, -0.1) is 0 Å². The van der Waals surface area contributed by atoms with Crippen LogP contribution in [0.15, 0.2) is 24.3 Å². The van der Waals surface area contributed by atoms with Crippen molar-refractivity contribution < 1.29 is 9.53 Å². The first-order valence-electron chi connectivity index (χ1n) is 8.49. The van der Waals surface area contributed by atoms with E-state index >= 15 is 0 Å². The highest BCUT2D eigenvalue weighted by molar-refractivity contribution is 5.78. The Morgan fingerprint density at radius 1 is 1.27 bits per heavy atom. The number of nitrogens with one attached hydrogen (secondary N) is 1. The van der Waals surface area contributed by atoms with Crippen molar-refractivity contribution in [1.82, 2.24) is 10.2 Å². The maximum atomic E-state index is 12.1. The molecule has 1 aromatic rings. The fourth-order valence-electron chi connectivity index (χ4n) is 3.17. The smallest absolute Gasteiger partial charge is 0.234 e. The Morgan fingerprint density at radius 3 is 2.73 bits per heavy atom. The number of carbonyl (C=O) groups is 1. The number of nitrogens with zero attached hydrogens (tertiary/aromatic N) is 1. The fourth-order valence-corrected chi connectivity index (χ4v) is 3.17. The lowest BCUT2D eigenvalue weighted by Gasteiger charge is -2.24. The topological polar surface area (TPSA) is 41.6 Å². The summed E-state index contributed by atoms with van der Waals surface area (Å²) in [6, 6.07) is 8.69. The van der Waals surface area contributed by atoms with Crippen molar-refractivity contribution in [2.24, 2.45) is 5.92 Å². The zero-order chi connectivity index (χ0) is 15.4. The van der Waals surface area contributed by atoms with Gasteiger partial charge in [0, 0.05) is 12.6 Å². The summed E-state index contributed by atoms with van der Waals surface area (Å²) < 4.78 is 5.50. The first-order valence-corrected chi connectivity index (χ1v) is 8.49. The quantitative estimate of drug-likeness (QED) is 0.842. The summed E-state index contributed by atoms with van der Waals surface area (Å²) in [6.07, 6.45) is 4.84. The van der Waals surface area contributed by atoms with Crippen LogP contribution < -0.4 is 10.1 Å². The summed E-state index contributed by atoms with van der Waals surface area (Å²) in [7, 11) is 0. The molecule has 1 aromatic carbocycles. The standard InChI is InChI=1S/C18H26N2O2/c1-2-22-16-9-7-15(8-10-16)17-4-3-11-20(17)13-18(21)19-12-14-5-6-14/h7-10,14,17H,2-6,11-13H2,1H3,(H,19,21). The Kier molecular flexibility index (Phi) is 4.98. The van der Waals surface area contributed by atoms with E-state index in [1.807, 2.05) is 19.1 Å². The van der Waals surface area contributed by atoms with E-state index in [1.54, 1.807) is 0 Å². The van der Waals surface area contributed by atoms with Crippen molar-refractivity contribution in [3.8, 4) is 5.75 Å². The summed E-state index contributed by atoms with van der Waals surface area (Å²) >= 11 is 0. The van der Waals surface area contributed by atoms with E-state index in [9.17, 15) is 4.79 Å². The molecule has 2 aliphatic rings. The van der Waals surface area contributed by atoms with E-state index in [-0.39, 0.29) is 5.91 Å². The molecule has 1 N–H and O–H groups in total. The van der Waals surface area contributed by atoms with Crippen molar-refractivity contribution in [2.75, 3.05) is 26.2 Å². The van der Waals surface area contributed by atoms with Crippen molar-refractivity contribution in [3.05, 3.63) is 29.8 Å². The highest BCUT2D eigenvalue weighted by Gasteiger charge is 2.28. The van der Waals surface area contributed by atoms with Crippen LogP contribution in [0, 0.1) is 5.92 Å². The van der Waals surface area contributed by atoms with Gasteiger partial charge in [-0.1, -0.05) is 12.1 Å². The molecular weight excluding hydrogens is 276 g/mol. The van der Waals surface area contributed by atoms with Crippen LogP contribution in [0.4, 0.5) is 0 Å². The molecular formula is C18H26N2O2. The second-order valence-electron chi connectivity index (χ2n) is 6.38. The van der Waals surface area contributed by atoms with Crippen LogP contribution in [0.3, 0.4) is 0 Å². The summed E-state index contributed by atoms with van der Waals surface area (Å²) in [4.78, 5) is 14.4. The molecule has 1 atom stereocenters. The van der Waals surface area contributed by atoms with Gasteiger partial charge in [-0.05, 0) is 62.8 Å². The van der Waals surface area contributed by atoms with Gasteiger partial charge in [-0.2, -0.15) is 0 Å². The Labute approximate surface area is 132 Å². The van der Waals surface area contributed by atoms with E-state index < -0.39 is 0 Å². The number of carbonyl (C=O) groups excluding carboxylic acids is 1. The van der Waals surface area contributed by atoms with Gasteiger partial charge in [0.25, 0.3) is 0 Å². The number of hydrogen-bond acceptors (Lipinski definition) is 3. The predicted molar refractivity (Wildman–Crippen MR) is 86.9 cm³/mol. The largest absolute Gasteiger partial charge is 0.494 e. The minimum absolute atomic E-state index is 0.171. The lowest BCUT2D eigenvalue weighted by Crippen LogP contribution is -2.37. The number of amides is 1. The molecule has 0 aromatic heterocycles. The number of ether oxygens (including phenoxy) is 1. The molecule has 0 bridgehead atoms. The SMILES string of the molecule is CCOc1ccc(C2CCCN2CC(=O)NCC2CC2)cc1. The number of hydrogen-bond donors (Lipinski definition) is 1. The van der Waals surface area contributed by atoms with Crippen LogP contribution in [0.2, 0.25) is 0 Å². The Morgan fingerprint density at radius 2 is 2.05 bits per heavy atom. The third-order valence-corrected chi connectivity index (χ3v) is 4.57. The highest BCUT2D eigenvalue weighted by atomic mass is 16.5. The van der Waals surface area contributed by atoms with Crippen molar-refractivity contribution in [3.63, 3.8) is 0 Å². The van der Waals surface area contributed by atoms with Crippen LogP contribution in [-0.2, 0) is 4.79 Å². The van der Waals surface area contributed by atoms with Crippen LogP contribution >= 0.6 is 0 Å². The molecule has 120 valence electrons. The Bertz CT molecular complexity index is 496. The number of rotatable bonds is 7. The molecule has 22 heavy (non-hydrogen) atoms. The predicted octanol–water partition coefficient (Wildman–Crippen LogP) is 2.75. The summed E-state index contributed by atoms with van der Waals surface area (Å²) in [5.74, 6) is 1.83. The van der Waals surface area contributed by atoms with E-state index in [1.165, 1.54) is 18.4 Å². The van der Waals surface area contributed by atoms with Gasteiger partial charge >= 0.3 is 0 Å². The molecule has 1 amide bonds. The third-order valence-electron chi connectivity index (χ3n) is 4.57. The van der Waals surface area contributed by atoms with Crippen LogP contribution in [-0.4, -0.2) is 37.0 Å². The average Bonchev–Trinajstić information content (AvgIpc) is 3.25. The molecule has 3 rings (SSSR count). The van der Waals surface area contributed by atoms with Crippen molar-refractivity contribution >= 4 is 5.91 Å². The molecule has 1 aliphatic carbocycles. The normalized spacial score (nSPS) is 21.8. The van der Waals surface area contributed by atoms with Gasteiger partial charge in [0.05, 0.1) is 13.2 Å². The summed E-state index contributed by atoms with van der Waals surface area (Å²) in [6.45, 7) is 5.07. The minimum atomic E-state index is 0.171. The summed E-state index contributed by atoms with van der Waals surface area (Å²) in [5.41, 5.74) is 1.29. The van der Waals surface area contributed by atoms with Crippen LogP contribution in [0.25, 0.3) is 0 Å². The molecule has 0 spiro atoms. The molecule has 4 heteroatoms. The molecule has 1 unspecified atom stereocenters. The maximum Gasteiger partial charge on any atom is 0.234 e. The number of likely N-dealkylation sites (tertiary alicyclic amines) is 1. The van der Waals surface area contributed by atoms with E-state index in [0.717, 1.165) is 37.6 Å². The molecule has 1 saturated heterocycles. The Hall–Kier alpha value is -1.55. The zero-order valence-electron chi connectivity index (χ0n) is 13.4. The summed E-state index contributed by atoms with van der Waals surface area (Å²) in [5, 5.41) is 3.07. The molecule has 2 fully saturated rings. The van der Waals surface area contributed by atoms with Gasteiger partial charge in [0.2, 0.25) is 5.91 Å². The zero-order valence-corrected chi connectivity index (χ0v) is 13.4. The van der Waals surface area contributed by atoms with Crippen LogP contribution in [0.1, 0.15) is 44.2 Å². The second kappa shape index (κ2) is 7.14. The first-order chi connectivity index (χ1) is 10.8. The lowest BCUT2D eigenvalue weighted by molar-refractivity contribution is -0.122. The molecule has 1 heterocycles. The van der Waals surface area contributed by atoms with Gasteiger partial charge in [0.1, 0.15) is 5.75 Å². The minimum Gasteiger partial charge on any atom is -0.494 e. The van der Waals surface area contributed by atoms with Gasteiger partial charge in [0.15, 0.2) is 0 Å². The van der Waals surface area contributed by atoms with E-state index in [4.69, 9.17) is 4.74 Å². The van der Waals surface area contributed by atoms with Gasteiger partial charge in [-0.3, -0.25) is 9.69 Å². The molecule has 0 radical (unpaired) electrons. The van der Waals surface area contributed by atoms with Gasteiger partial charge < -0.3 is 10.1 Å². The second-order valence-corrected chi connectivity index (χ2v) is 6.38. The van der Waals surface area contributed by atoms with Gasteiger partial charge in [-0.25, -0.2) is 0 Å².